The molecule has 0 bridgehead atoms. The molecule has 0 saturated carbocycles. The van der Waals surface area contributed by atoms with E-state index in [0.717, 1.165) is 71.4 Å². The summed E-state index contributed by atoms with van der Waals surface area (Å²) in [5.41, 5.74) is 7.59. The standard InChI is InChI=1S/C27H27N5/c1-3-30-14-16-31(17-15-30)21-12-13-24-25(18-21)32-27(28-24)23-7-5-4-6-22(23)26(29-32)20-10-8-19(2)9-11-20/h4-13,18H,3,14-17H2,1-2H3. The Hall–Kier alpha value is -3.44. The first kappa shape index (κ1) is 19.3. The summed E-state index contributed by atoms with van der Waals surface area (Å²) < 4.78 is 2.04. The van der Waals surface area contributed by atoms with Gasteiger partial charge in [-0.2, -0.15) is 5.10 Å². The smallest absolute Gasteiger partial charge is 0.162 e. The van der Waals surface area contributed by atoms with E-state index in [1.54, 1.807) is 0 Å². The topological polar surface area (TPSA) is 36.7 Å². The molecule has 5 nitrogen and oxygen atoms in total. The van der Waals surface area contributed by atoms with Gasteiger partial charge in [0, 0.05) is 48.2 Å². The fraction of sp³-hybridized carbons (Fsp3) is 0.259. The van der Waals surface area contributed by atoms with Crippen molar-refractivity contribution in [3.8, 4) is 11.3 Å². The Morgan fingerprint density at radius 3 is 2.34 bits per heavy atom. The maximum atomic E-state index is 5.13. The predicted molar refractivity (Wildman–Crippen MR) is 132 cm³/mol. The van der Waals surface area contributed by atoms with Gasteiger partial charge in [-0.25, -0.2) is 9.50 Å². The van der Waals surface area contributed by atoms with E-state index in [0.29, 0.717) is 0 Å². The minimum absolute atomic E-state index is 0.916. The third-order valence-electron chi connectivity index (χ3n) is 6.75. The highest BCUT2D eigenvalue weighted by molar-refractivity contribution is 6.04. The molecule has 3 aromatic carbocycles. The lowest BCUT2D eigenvalue weighted by molar-refractivity contribution is 0.271. The van der Waals surface area contributed by atoms with E-state index >= 15 is 0 Å². The maximum Gasteiger partial charge on any atom is 0.162 e. The van der Waals surface area contributed by atoms with Gasteiger partial charge in [0.05, 0.1) is 16.7 Å². The molecule has 2 aromatic heterocycles. The van der Waals surface area contributed by atoms with Crippen LogP contribution in [0.5, 0.6) is 0 Å². The van der Waals surface area contributed by atoms with E-state index in [4.69, 9.17) is 10.1 Å². The van der Waals surface area contributed by atoms with Crippen molar-refractivity contribution in [2.24, 2.45) is 0 Å². The summed E-state index contributed by atoms with van der Waals surface area (Å²) in [5, 5.41) is 7.40. The highest BCUT2D eigenvalue weighted by Crippen LogP contribution is 2.32. The van der Waals surface area contributed by atoms with Crippen molar-refractivity contribution < 1.29 is 0 Å². The minimum atomic E-state index is 0.916. The molecule has 1 saturated heterocycles. The van der Waals surface area contributed by atoms with Crippen LogP contribution in [0.15, 0.2) is 66.7 Å². The zero-order chi connectivity index (χ0) is 21.7. The molecule has 1 aliphatic rings. The molecule has 0 aliphatic carbocycles. The van der Waals surface area contributed by atoms with Gasteiger partial charge in [0.1, 0.15) is 0 Å². The lowest BCUT2D eigenvalue weighted by Gasteiger charge is -2.35. The SMILES string of the molecule is CCN1CCN(c2ccc3nc4c5ccccc5c(-c5ccc(C)cc5)nn4c3c2)CC1. The monoisotopic (exact) mass is 421 g/mol. The fourth-order valence-electron chi connectivity index (χ4n) is 4.81. The quantitative estimate of drug-likeness (QED) is 0.404. The molecule has 0 spiro atoms. The molecule has 0 radical (unpaired) electrons. The number of fused-ring (bicyclic) bond motifs is 5. The number of piperazine rings is 1. The summed E-state index contributed by atoms with van der Waals surface area (Å²) >= 11 is 0. The van der Waals surface area contributed by atoms with Crippen molar-refractivity contribution in [1.82, 2.24) is 19.5 Å². The number of benzene rings is 3. The van der Waals surface area contributed by atoms with Crippen LogP contribution in [0.4, 0.5) is 5.69 Å². The summed E-state index contributed by atoms with van der Waals surface area (Å²) in [7, 11) is 0. The van der Waals surface area contributed by atoms with Crippen LogP contribution in [-0.4, -0.2) is 52.2 Å². The van der Waals surface area contributed by atoms with Gasteiger partial charge in [-0.3, -0.25) is 0 Å². The van der Waals surface area contributed by atoms with Crippen LogP contribution in [-0.2, 0) is 0 Å². The van der Waals surface area contributed by atoms with Crippen molar-refractivity contribution in [2.45, 2.75) is 13.8 Å². The number of anilines is 1. The molecule has 0 unspecified atom stereocenters. The van der Waals surface area contributed by atoms with Crippen LogP contribution in [0.3, 0.4) is 0 Å². The Morgan fingerprint density at radius 2 is 1.59 bits per heavy atom. The highest BCUT2D eigenvalue weighted by atomic mass is 15.3. The van der Waals surface area contributed by atoms with Crippen molar-refractivity contribution in [2.75, 3.05) is 37.6 Å². The Balaban J connectivity index is 1.54. The Kier molecular flexibility index (Phi) is 4.58. The lowest BCUT2D eigenvalue weighted by Crippen LogP contribution is -2.46. The van der Waals surface area contributed by atoms with Crippen LogP contribution in [0.25, 0.3) is 38.7 Å². The summed E-state index contributed by atoms with van der Waals surface area (Å²) in [4.78, 5) is 9.96. The van der Waals surface area contributed by atoms with Crippen molar-refractivity contribution in [3.63, 3.8) is 0 Å². The Morgan fingerprint density at radius 1 is 0.844 bits per heavy atom. The van der Waals surface area contributed by atoms with Gasteiger partial charge >= 0.3 is 0 Å². The molecule has 5 aromatic rings. The largest absolute Gasteiger partial charge is 0.369 e. The molecule has 0 atom stereocenters. The molecule has 32 heavy (non-hydrogen) atoms. The van der Waals surface area contributed by atoms with Gasteiger partial charge < -0.3 is 9.80 Å². The predicted octanol–water partition coefficient (Wildman–Crippen LogP) is 5.15. The van der Waals surface area contributed by atoms with Gasteiger partial charge in [-0.1, -0.05) is 61.0 Å². The number of aromatic nitrogens is 3. The first-order chi connectivity index (χ1) is 15.7. The Bertz CT molecular complexity index is 1430. The maximum absolute atomic E-state index is 5.13. The van der Waals surface area contributed by atoms with Gasteiger partial charge in [0.2, 0.25) is 0 Å². The molecule has 5 heteroatoms. The van der Waals surface area contributed by atoms with Gasteiger partial charge in [-0.15, -0.1) is 0 Å². The number of rotatable bonds is 3. The van der Waals surface area contributed by atoms with Crippen LogP contribution in [0.1, 0.15) is 12.5 Å². The van der Waals surface area contributed by atoms with Gasteiger partial charge in [0.25, 0.3) is 0 Å². The number of hydrogen-bond acceptors (Lipinski definition) is 4. The zero-order valence-electron chi connectivity index (χ0n) is 18.6. The third-order valence-corrected chi connectivity index (χ3v) is 6.75. The van der Waals surface area contributed by atoms with Crippen LogP contribution >= 0.6 is 0 Å². The van der Waals surface area contributed by atoms with Crippen LogP contribution in [0, 0.1) is 6.92 Å². The number of imidazole rings is 1. The zero-order valence-corrected chi connectivity index (χ0v) is 18.6. The molecule has 3 heterocycles. The normalized spacial score (nSPS) is 15.2. The number of hydrogen-bond donors (Lipinski definition) is 0. The Labute approximate surface area is 187 Å². The minimum Gasteiger partial charge on any atom is -0.369 e. The van der Waals surface area contributed by atoms with Gasteiger partial charge in [-0.05, 0) is 31.7 Å². The van der Waals surface area contributed by atoms with E-state index in [1.165, 1.54) is 11.3 Å². The summed E-state index contributed by atoms with van der Waals surface area (Å²) in [6.07, 6.45) is 0. The van der Waals surface area contributed by atoms with Crippen LogP contribution in [0.2, 0.25) is 0 Å². The lowest BCUT2D eigenvalue weighted by atomic mass is 10.0. The average molecular weight is 422 g/mol. The van der Waals surface area contributed by atoms with Crippen molar-refractivity contribution >= 4 is 33.1 Å². The molecule has 0 amide bonds. The van der Waals surface area contributed by atoms with E-state index in [-0.39, 0.29) is 0 Å². The van der Waals surface area contributed by atoms with E-state index in [1.807, 2.05) is 4.52 Å². The number of nitrogens with zero attached hydrogens (tertiary/aromatic N) is 5. The molecule has 0 N–H and O–H groups in total. The first-order valence-electron chi connectivity index (χ1n) is 11.5. The molecule has 160 valence electrons. The molecule has 1 fully saturated rings. The third kappa shape index (κ3) is 3.12. The second-order valence-corrected chi connectivity index (χ2v) is 8.70. The number of likely N-dealkylation sites (N-methyl/N-ethyl adjacent to an activating group) is 1. The molecular weight excluding hydrogens is 394 g/mol. The fourth-order valence-corrected chi connectivity index (χ4v) is 4.81. The number of aryl methyl sites for hydroxylation is 1. The second-order valence-electron chi connectivity index (χ2n) is 8.70. The summed E-state index contributed by atoms with van der Waals surface area (Å²) in [6.45, 7) is 9.82. The van der Waals surface area contributed by atoms with Crippen molar-refractivity contribution in [1.29, 1.82) is 0 Å². The molecule has 1 aliphatic heterocycles. The summed E-state index contributed by atoms with van der Waals surface area (Å²) in [6, 6.07) is 23.7. The molecular formula is C27H27N5. The van der Waals surface area contributed by atoms with E-state index in [2.05, 4.69) is 90.4 Å². The average Bonchev–Trinajstić information content (AvgIpc) is 3.22. The summed E-state index contributed by atoms with van der Waals surface area (Å²) in [5.74, 6) is 0. The second kappa shape index (κ2) is 7.61. The van der Waals surface area contributed by atoms with Crippen molar-refractivity contribution in [3.05, 3.63) is 72.3 Å². The first-order valence-corrected chi connectivity index (χ1v) is 11.5. The highest BCUT2D eigenvalue weighted by Gasteiger charge is 2.18. The van der Waals surface area contributed by atoms with Crippen LogP contribution < -0.4 is 4.90 Å². The molecule has 6 rings (SSSR count). The van der Waals surface area contributed by atoms with E-state index in [9.17, 15) is 0 Å². The van der Waals surface area contributed by atoms with Gasteiger partial charge in [0.15, 0.2) is 5.65 Å². The van der Waals surface area contributed by atoms with E-state index < -0.39 is 0 Å².